The molecule has 0 spiro atoms. The van der Waals surface area contributed by atoms with Gasteiger partial charge in [0.15, 0.2) is 0 Å². The molecule has 0 aromatic heterocycles. The fourth-order valence-corrected chi connectivity index (χ4v) is 2.06. The minimum Gasteiger partial charge on any atom is -0.381 e. The van der Waals surface area contributed by atoms with Gasteiger partial charge >= 0.3 is 0 Å². The van der Waals surface area contributed by atoms with E-state index in [1.807, 2.05) is 6.07 Å². The van der Waals surface area contributed by atoms with Crippen LogP contribution in [0.25, 0.3) is 0 Å². The molecule has 2 rings (SSSR count). The highest BCUT2D eigenvalue weighted by Gasteiger charge is 2.01. The van der Waals surface area contributed by atoms with E-state index in [1.165, 1.54) is 16.7 Å². The highest BCUT2D eigenvalue weighted by atomic mass is 35.5. The summed E-state index contributed by atoms with van der Waals surface area (Å²) in [5.74, 6) is 0. The molecule has 19 heavy (non-hydrogen) atoms. The lowest BCUT2D eigenvalue weighted by molar-refractivity contribution is 1.13. The van der Waals surface area contributed by atoms with Gasteiger partial charge < -0.3 is 5.32 Å². The summed E-state index contributed by atoms with van der Waals surface area (Å²) in [7, 11) is 0. The summed E-state index contributed by atoms with van der Waals surface area (Å²) in [4.78, 5) is 0. The number of nitrogens with zero attached hydrogens (tertiary/aromatic N) is 1. The van der Waals surface area contributed by atoms with Gasteiger partial charge in [-0.2, -0.15) is 5.26 Å². The van der Waals surface area contributed by atoms with Crippen LogP contribution in [0.1, 0.15) is 22.3 Å². The molecule has 3 heteroatoms. The van der Waals surface area contributed by atoms with Crippen LogP contribution in [0, 0.1) is 25.2 Å². The quantitative estimate of drug-likeness (QED) is 0.895. The lowest BCUT2D eigenvalue weighted by atomic mass is 10.1. The van der Waals surface area contributed by atoms with E-state index in [2.05, 4.69) is 43.4 Å². The van der Waals surface area contributed by atoms with Crippen molar-refractivity contribution in [3.8, 4) is 6.07 Å². The van der Waals surface area contributed by atoms with Crippen LogP contribution in [0.5, 0.6) is 0 Å². The summed E-state index contributed by atoms with van der Waals surface area (Å²) in [5.41, 5.74) is 5.23. The second-order valence-electron chi connectivity index (χ2n) is 4.58. The number of nitrogens with one attached hydrogen (secondary N) is 1. The molecular formula is C16H15ClN2. The zero-order valence-corrected chi connectivity index (χ0v) is 11.8. The molecule has 0 bridgehead atoms. The van der Waals surface area contributed by atoms with Crippen LogP contribution in [-0.4, -0.2) is 0 Å². The van der Waals surface area contributed by atoms with Gasteiger partial charge in [-0.05, 0) is 48.7 Å². The molecule has 1 N–H and O–H groups in total. The molecule has 0 amide bonds. The number of nitriles is 1. The molecule has 0 unspecified atom stereocenters. The first-order chi connectivity index (χ1) is 9.10. The predicted octanol–water partition coefficient (Wildman–Crippen LogP) is 4.44. The zero-order chi connectivity index (χ0) is 13.8. The standard InChI is InChI=1S/C16H15ClN2/c1-11-3-4-13(7-12(11)2)10-19-15-6-5-14(9-18)16(17)8-15/h3-8,19H,10H2,1-2H3. The molecule has 0 heterocycles. The molecule has 0 aliphatic heterocycles. The van der Waals surface area contributed by atoms with Crippen molar-refractivity contribution >= 4 is 17.3 Å². The minimum atomic E-state index is 0.479. The topological polar surface area (TPSA) is 35.8 Å². The van der Waals surface area contributed by atoms with E-state index < -0.39 is 0 Å². The van der Waals surface area contributed by atoms with Gasteiger partial charge in [0.2, 0.25) is 0 Å². The van der Waals surface area contributed by atoms with Gasteiger partial charge in [0, 0.05) is 12.2 Å². The minimum absolute atomic E-state index is 0.479. The van der Waals surface area contributed by atoms with Crippen molar-refractivity contribution in [2.24, 2.45) is 0 Å². The number of aryl methyl sites for hydroxylation is 2. The second kappa shape index (κ2) is 5.77. The Morgan fingerprint density at radius 3 is 2.53 bits per heavy atom. The van der Waals surface area contributed by atoms with Crippen LogP contribution >= 0.6 is 11.6 Å². The van der Waals surface area contributed by atoms with Crippen molar-refractivity contribution in [1.29, 1.82) is 5.26 Å². The Bertz CT molecular complexity index is 642. The molecule has 2 aromatic rings. The monoisotopic (exact) mass is 270 g/mol. The van der Waals surface area contributed by atoms with Crippen LogP contribution in [0.15, 0.2) is 36.4 Å². The average molecular weight is 271 g/mol. The number of anilines is 1. The Labute approximate surface area is 118 Å². The number of benzene rings is 2. The predicted molar refractivity (Wildman–Crippen MR) is 79.4 cm³/mol. The molecule has 2 nitrogen and oxygen atoms in total. The van der Waals surface area contributed by atoms with Crippen molar-refractivity contribution < 1.29 is 0 Å². The van der Waals surface area contributed by atoms with E-state index >= 15 is 0 Å². The van der Waals surface area contributed by atoms with Crippen molar-refractivity contribution in [3.63, 3.8) is 0 Å². The summed E-state index contributed by atoms with van der Waals surface area (Å²) in [6.07, 6.45) is 0. The second-order valence-corrected chi connectivity index (χ2v) is 4.99. The van der Waals surface area contributed by atoms with Crippen LogP contribution in [0.3, 0.4) is 0 Å². The fraction of sp³-hybridized carbons (Fsp3) is 0.188. The summed E-state index contributed by atoms with van der Waals surface area (Å²) in [5, 5.41) is 12.6. The summed E-state index contributed by atoms with van der Waals surface area (Å²) in [6.45, 7) is 4.95. The Balaban J connectivity index is 2.08. The molecule has 96 valence electrons. The third-order valence-electron chi connectivity index (χ3n) is 3.16. The van der Waals surface area contributed by atoms with Crippen LogP contribution in [0.4, 0.5) is 5.69 Å². The molecule has 0 aliphatic rings. The maximum absolute atomic E-state index is 8.82. The Kier molecular flexibility index (Phi) is 4.09. The number of halogens is 1. The van der Waals surface area contributed by atoms with Crippen molar-refractivity contribution in [3.05, 3.63) is 63.7 Å². The Morgan fingerprint density at radius 2 is 1.89 bits per heavy atom. The molecule has 2 aromatic carbocycles. The van der Waals surface area contributed by atoms with Gasteiger partial charge in [0.05, 0.1) is 10.6 Å². The molecule has 0 radical (unpaired) electrons. The first kappa shape index (κ1) is 13.5. The van der Waals surface area contributed by atoms with E-state index in [1.54, 1.807) is 12.1 Å². The summed E-state index contributed by atoms with van der Waals surface area (Å²) < 4.78 is 0. The van der Waals surface area contributed by atoms with Crippen LogP contribution < -0.4 is 5.32 Å². The van der Waals surface area contributed by atoms with Crippen molar-refractivity contribution in [2.75, 3.05) is 5.32 Å². The molecular weight excluding hydrogens is 256 g/mol. The first-order valence-corrected chi connectivity index (χ1v) is 6.47. The summed E-state index contributed by atoms with van der Waals surface area (Å²) >= 11 is 5.99. The number of hydrogen-bond donors (Lipinski definition) is 1. The molecule has 0 saturated heterocycles. The van der Waals surface area contributed by atoms with Crippen molar-refractivity contribution in [1.82, 2.24) is 0 Å². The average Bonchev–Trinajstić information content (AvgIpc) is 2.40. The molecule has 0 aliphatic carbocycles. The van der Waals surface area contributed by atoms with E-state index in [0.717, 1.165) is 12.2 Å². The Morgan fingerprint density at radius 1 is 1.11 bits per heavy atom. The molecule has 0 saturated carbocycles. The van der Waals surface area contributed by atoms with Crippen molar-refractivity contribution in [2.45, 2.75) is 20.4 Å². The van der Waals surface area contributed by atoms with Gasteiger partial charge in [-0.25, -0.2) is 0 Å². The first-order valence-electron chi connectivity index (χ1n) is 6.10. The van der Waals surface area contributed by atoms with Gasteiger partial charge in [0.25, 0.3) is 0 Å². The normalized spacial score (nSPS) is 10.0. The fourth-order valence-electron chi connectivity index (χ4n) is 1.83. The van der Waals surface area contributed by atoms with Gasteiger partial charge in [0.1, 0.15) is 6.07 Å². The van der Waals surface area contributed by atoms with E-state index in [4.69, 9.17) is 16.9 Å². The van der Waals surface area contributed by atoms with E-state index in [0.29, 0.717) is 10.6 Å². The zero-order valence-electron chi connectivity index (χ0n) is 11.0. The maximum atomic E-state index is 8.82. The van der Waals surface area contributed by atoms with Gasteiger partial charge in [-0.15, -0.1) is 0 Å². The van der Waals surface area contributed by atoms with E-state index in [-0.39, 0.29) is 0 Å². The van der Waals surface area contributed by atoms with Gasteiger partial charge in [-0.3, -0.25) is 0 Å². The largest absolute Gasteiger partial charge is 0.381 e. The van der Waals surface area contributed by atoms with E-state index in [9.17, 15) is 0 Å². The smallest absolute Gasteiger partial charge is 0.101 e. The maximum Gasteiger partial charge on any atom is 0.101 e. The lowest BCUT2D eigenvalue weighted by Gasteiger charge is -2.09. The molecule has 0 atom stereocenters. The third kappa shape index (κ3) is 3.27. The SMILES string of the molecule is Cc1ccc(CNc2ccc(C#N)c(Cl)c2)cc1C. The van der Waals surface area contributed by atoms with Gasteiger partial charge in [-0.1, -0.05) is 29.8 Å². The number of rotatable bonds is 3. The highest BCUT2D eigenvalue weighted by molar-refractivity contribution is 6.32. The third-order valence-corrected chi connectivity index (χ3v) is 3.47. The lowest BCUT2D eigenvalue weighted by Crippen LogP contribution is -2.00. The van der Waals surface area contributed by atoms with Crippen LogP contribution in [0.2, 0.25) is 5.02 Å². The number of hydrogen-bond acceptors (Lipinski definition) is 2. The Hall–Kier alpha value is -1.98. The highest BCUT2D eigenvalue weighted by Crippen LogP contribution is 2.21. The van der Waals surface area contributed by atoms with Crippen LogP contribution in [-0.2, 0) is 6.54 Å². The molecule has 0 fully saturated rings. The summed E-state index contributed by atoms with van der Waals surface area (Å²) in [6, 6.07) is 13.8.